The molecule has 1 aromatic carbocycles. The van der Waals surface area contributed by atoms with Crippen LogP contribution in [0.4, 0.5) is 5.69 Å². The highest BCUT2D eigenvalue weighted by Crippen LogP contribution is 2.07. The molecule has 0 unspecified atom stereocenters. The lowest BCUT2D eigenvalue weighted by Gasteiger charge is -2.04. The van der Waals surface area contributed by atoms with E-state index in [4.69, 9.17) is 11.5 Å². The van der Waals surface area contributed by atoms with Gasteiger partial charge < -0.3 is 16.8 Å². The van der Waals surface area contributed by atoms with Gasteiger partial charge in [-0.05, 0) is 17.7 Å². The second-order valence-electron chi connectivity index (χ2n) is 2.62. The average molecular weight is 165 g/mol. The fourth-order valence-corrected chi connectivity index (χ4v) is 0.975. The SMILES string of the molecule is NCCNc1ccc(CN)cc1. The molecule has 0 aliphatic carbocycles. The Balaban J connectivity index is 2.53. The minimum Gasteiger partial charge on any atom is -0.384 e. The lowest BCUT2D eigenvalue weighted by molar-refractivity contribution is 1.02. The molecule has 1 rings (SSSR count). The molecule has 0 amide bonds. The molecule has 0 aliphatic rings. The molecule has 0 aliphatic heterocycles. The van der Waals surface area contributed by atoms with E-state index in [0.717, 1.165) is 17.8 Å². The van der Waals surface area contributed by atoms with Crippen molar-refractivity contribution in [3.63, 3.8) is 0 Å². The summed E-state index contributed by atoms with van der Waals surface area (Å²) < 4.78 is 0. The highest BCUT2D eigenvalue weighted by molar-refractivity contribution is 5.44. The summed E-state index contributed by atoms with van der Waals surface area (Å²) in [4.78, 5) is 0. The molecule has 0 radical (unpaired) electrons. The van der Waals surface area contributed by atoms with Crippen molar-refractivity contribution >= 4 is 5.69 Å². The molecule has 3 heteroatoms. The third-order valence-corrected chi connectivity index (χ3v) is 1.66. The Morgan fingerprint density at radius 3 is 2.25 bits per heavy atom. The largest absolute Gasteiger partial charge is 0.384 e. The smallest absolute Gasteiger partial charge is 0.0340 e. The Hall–Kier alpha value is -1.06. The summed E-state index contributed by atoms with van der Waals surface area (Å²) >= 11 is 0. The van der Waals surface area contributed by atoms with Crippen LogP contribution >= 0.6 is 0 Å². The zero-order valence-corrected chi connectivity index (χ0v) is 7.09. The number of hydrogen-bond donors (Lipinski definition) is 3. The molecule has 0 heterocycles. The molecule has 12 heavy (non-hydrogen) atoms. The van der Waals surface area contributed by atoms with Gasteiger partial charge in [0.05, 0.1) is 0 Å². The van der Waals surface area contributed by atoms with Gasteiger partial charge in [0.25, 0.3) is 0 Å². The Morgan fingerprint density at radius 2 is 1.75 bits per heavy atom. The molecule has 3 nitrogen and oxygen atoms in total. The molecule has 0 bridgehead atoms. The Bertz CT molecular complexity index is 218. The van der Waals surface area contributed by atoms with Crippen molar-refractivity contribution in [3.05, 3.63) is 29.8 Å². The van der Waals surface area contributed by atoms with E-state index in [1.165, 1.54) is 0 Å². The van der Waals surface area contributed by atoms with Crippen molar-refractivity contribution in [2.24, 2.45) is 11.5 Å². The summed E-state index contributed by atoms with van der Waals surface area (Å²) in [6.45, 7) is 2.05. The fraction of sp³-hybridized carbons (Fsp3) is 0.333. The first-order valence-corrected chi connectivity index (χ1v) is 4.09. The zero-order chi connectivity index (χ0) is 8.81. The molecule has 0 saturated carbocycles. The molecule has 0 spiro atoms. The maximum absolute atomic E-state index is 5.46. The van der Waals surface area contributed by atoms with Crippen LogP contribution in [0.3, 0.4) is 0 Å². The van der Waals surface area contributed by atoms with Gasteiger partial charge in [-0.1, -0.05) is 12.1 Å². The van der Waals surface area contributed by atoms with Gasteiger partial charge in [0.2, 0.25) is 0 Å². The summed E-state index contributed by atoms with van der Waals surface area (Å²) in [7, 11) is 0. The summed E-state index contributed by atoms with van der Waals surface area (Å²) in [5.74, 6) is 0. The van der Waals surface area contributed by atoms with E-state index in [0.29, 0.717) is 13.1 Å². The minimum atomic E-state index is 0.594. The lowest BCUT2D eigenvalue weighted by Crippen LogP contribution is -2.12. The molecule has 0 saturated heterocycles. The third-order valence-electron chi connectivity index (χ3n) is 1.66. The van der Waals surface area contributed by atoms with Crippen LogP contribution in [0, 0.1) is 0 Å². The topological polar surface area (TPSA) is 64.1 Å². The van der Waals surface area contributed by atoms with Gasteiger partial charge in [-0.15, -0.1) is 0 Å². The molecule has 0 fully saturated rings. The highest BCUT2D eigenvalue weighted by Gasteiger charge is 1.90. The lowest BCUT2D eigenvalue weighted by atomic mass is 10.2. The van der Waals surface area contributed by atoms with Crippen LogP contribution in [0.1, 0.15) is 5.56 Å². The Labute approximate surface area is 72.8 Å². The van der Waals surface area contributed by atoms with E-state index in [2.05, 4.69) is 5.32 Å². The summed E-state index contributed by atoms with van der Waals surface area (Å²) in [5, 5.41) is 3.18. The van der Waals surface area contributed by atoms with Crippen molar-refractivity contribution in [2.75, 3.05) is 18.4 Å². The van der Waals surface area contributed by atoms with Gasteiger partial charge in [-0.3, -0.25) is 0 Å². The number of nitrogens with one attached hydrogen (secondary N) is 1. The average Bonchev–Trinajstić information content (AvgIpc) is 2.15. The van der Waals surface area contributed by atoms with E-state index >= 15 is 0 Å². The maximum atomic E-state index is 5.46. The molecule has 0 atom stereocenters. The van der Waals surface area contributed by atoms with Crippen molar-refractivity contribution < 1.29 is 0 Å². The van der Waals surface area contributed by atoms with Gasteiger partial charge in [-0.2, -0.15) is 0 Å². The standard InChI is InChI=1S/C9H15N3/c10-5-6-12-9-3-1-8(7-11)2-4-9/h1-4,12H,5-7,10-11H2. The van der Waals surface area contributed by atoms with Crippen molar-refractivity contribution in [3.8, 4) is 0 Å². The van der Waals surface area contributed by atoms with Gasteiger partial charge in [0.1, 0.15) is 0 Å². The van der Waals surface area contributed by atoms with Gasteiger partial charge in [-0.25, -0.2) is 0 Å². The second kappa shape index (κ2) is 4.74. The van der Waals surface area contributed by atoms with Crippen LogP contribution in [0.25, 0.3) is 0 Å². The Morgan fingerprint density at radius 1 is 1.08 bits per heavy atom. The maximum Gasteiger partial charge on any atom is 0.0340 e. The zero-order valence-electron chi connectivity index (χ0n) is 7.09. The van der Waals surface area contributed by atoms with Crippen LogP contribution in [-0.4, -0.2) is 13.1 Å². The van der Waals surface area contributed by atoms with E-state index < -0.39 is 0 Å². The quantitative estimate of drug-likeness (QED) is 0.609. The van der Waals surface area contributed by atoms with Gasteiger partial charge in [0.15, 0.2) is 0 Å². The number of nitrogens with two attached hydrogens (primary N) is 2. The number of anilines is 1. The van der Waals surface area contributed by atoms with Crippen LogP contribution in [0.5, 0.6) is 0 Å². The van der Waals surface area contributed by atoms with Crippen LogP contribution in [0.2, 0.25) is 0 Å². The fourth-order valence-electron chi connectivity index (χ4n) is 0.975. The molecule has 1 aromatic rings. The molecule has 5 N–H and O–H groups in total. The number of hydrogen-bond acceptors (Lipinski definition) is 3. The predicted octanol–water partition coefficient (Wildman–Crippen LogP) is 0.516. The van der Waals surface area contributed by atoms with Crippen molar-refractivity contribution in [2.45, 2.75) is 6.54 Å². The number of rotatable bonds is 4. The van der Waals surface area contributed by atoms with Gasteiger partial charge >= 0.3 is 0 Å². The first kappa shape index (κ1) is 9.03. The van der Waals surface area contributed by atoms with Crippen molar-refractivity contribution in [1.82, 2.24) is 0 Å². The van der Waals surface area contributed by atoms with Crippen LogP contribution in [-0.2, 0) is 6.54 Å². The van der Waals surface area contributed by atoms with Crippen LogP contribution < -0.4 is 16.8 Å². The second-order valence-corrected chi connectivity index (χ2v) is 2.62. The predicted molar refractivity (Wildman–Crippen MR) is 51.9 cm³/mol. The molecule has 0 aromatic heterocycles. The summed E-state index contributed by atoms with van der Waals surface area (Å²) in [6.07, 6.45) is 0. The van der Waals surface area contributed by atoms with E-state index in [1.54, 1.807) is 0 Å². The van der Waals surface area contributed by atoms with Crippen LogP contribution in [0.15, 0.2) is 24.3 Å². The van der Waals surface area contributed by atoms with Gasteiger partial charge in [0, 0.05) is 25.3 Å². The molecular formula is C9H15N3. The van der Waals surface area contributed by atoms with E-state index in [9.17, 15) is 0 Å². The summed E-state index contributed by atoms with van der Waals surface area (Å²) in [5.41, 5.74) is 13.1. The van der Waals surface area contributed by atoms with E-state index in [1.807, 2.05) is 24.3 Å². The minimum absolute atomic E-state index is 0.594. The third kappa shape index (κ3) is 2.53. The Kier molecular flexibility index (Phi) is 3.57. The first-order valence-electron chi connectivity index (χ1n) is 4.09. The molecule has 66 valence electrons. The van der Waals surface area contributed by atoms with Crippen molar-refractivity contribution in [1.29, 1.82) is 0 Å². The van der Waals surface area contributed by atoms with E-state index in [-0.39, 0.29) is 0 Å². The molecular weight excluding hydrogens is 150 g/mol. The number of benzene rings is 1. The summed E-state index contributed by atoms with van der Waals surface area (Å²) in [6, 6.07) is 8.05. The normalized spacial score (nSPS) is 9.83. The highest BCUT2D eigenvalue weighted by atomic mass is 14.9. The monoisotopic (exact) mass is 165 g/mol. The first-order chi connectivity index (χ1) is 5.86.